The van der Waals surface area contributed by atoms with Gasteiger partial charge in [-0.15, -0.1) is 0 Å². The van der Waals surface area contributed by atoms with Crippen molar-refractivity contribution in [3.63, 3.8) is 0 Å². The summed E-state index contributed by atoms with van der Waals surface area (Å²) in [5.74, 6) is -1.07. The van der Waals surface area contributed by atoms with E-state index in [4.69, 9.17) is 5.73 Å². The zero-order valence-corrected chi connectivity index (χ0v) is 10.3. The summed E-state index contributed by atoms with van der Waals surface area (Å²) in [6.45, 7) is 3.48. The van der Waals surface area contributed by atoms with Crippen molar-refractivity contribution in [2.45, 2.75) is 25.5 Å². The molecule has 2 rings (SSSR count). The van der Waals surface area contributed by atoms with Crippen LogP contribution in [0, 0.1) is 5.82 Å². The lowest BCUT2D eigenvalue weighted by molar-refractivity contribution is 0.0677. The summed E-state index contributed by atoms with van der Waals surface area (Å²) >= 11 is 0. The molecule has 0 bridgehead atoms. The Kier molecular flexibility index (Phi) is 3.36. The van der Waals surface area contributed by atoms with Crippen molar-refractivity contribution in [3.8, 4) is 0 Å². The number of rotatable bonds is 3. The average molecular weight is 252 g/mol. The quantitative estimate of drug-likeness (QED) is 0.839. The van der Waals surface area contributed by atoms with Crippen molar-refractivity contribution in [2.75, 3.05) is 13.1 Å². The van der Waals surface area contributed by atoms with Crippen LogP contribution in [0.15, 0.2) is 18.2 Å². The van der Waals surface area contributed by atoms with Gasteiger partial charge in [-0.25, -0.2) is 4.39 Å². The average Bonchev–Trinajstić information content (AvgIpc) is 2.61. The standard InChI is InChI=1S/C13H17FN2O2/c1-13(18)4-5-16(8-13)7-10-3-2-9(12(15)17)6-11(10)14/h2-3,6,18H,4-5,7-8H2,1H3,(H2,15,17). The molecule has 1 aliphatic rings. The Morgan fingerprint density at radius 1 is 1.61 bits per heavy atom. The molecule has 0 spiro atoms. The Labute approximate surface area is 105 Å². The van der Waals surface area contributed by atoms with Gasteiger partial charge < -0.3 is 10.8 Å². The summed E-state index contributed by atoms with van der Waals surface area (Å²) in [7, 11) is 0. The predicted molar refractivity (Wildman–Crippen MR) is 65.4 cm³/mol. The molecule has 0 aromatic heterocycles. The first-order valence-electron chi connectivity index (χ1n) is 5.90. The van der Waals surface area contributed by atoms with Crippen molar-refractivity contribution < 1.29 is 14.3 Å². The van der Waals surface area contributed by atoms with Crippen LogP contribution in [0.2, 0.25) is 0 Å². The van der Waals surface area contributed by atoms with Gasteiger partial charge in [0.05, 0.1) is 5.60 Å². The minimum Gasteiger partial charge on any atom is -0.389 e. The Morgan fingerprint density at radius 3 is 2.83 bits per heavy atom. The predicted octanol–water partition coefficient (Wildman–Crippen LogP) is 0.881. The number of nitrogens with two attached hydrogens (primary N) is 1. The highest BCUT2D eigenvalue weighted by molar-refractivity contribution is 5.92. The summed E-state index contributed by atoms with van der Waals surface area (Å²) in [5, 5.41) is 9.83. The molecule has 4 nitrogen and oxygen atoms in total. The molecule has 1 aromatic carbocycles. The van der Waals surface area contributed by atoms with Crippen LogP contribution in [0.1, 0.15) is 29.3 Å². The van der Waals surface area contributed by atoms with Crippen LogP contribution < -0.4 is 5.73 Å². The van der Waals surface area contributed by atoms with E-state index in [0.717, 1.165) is 12.6 Å². The number of hydrogen-bond donors (Lipinski definition) is 2. The van der Waals surface area contributed by atoms with Crippen LogP contribution >= 0.6 is 0 Å². The number of amides is 1. The van der Waals surface area contributed by atoms with Gasteiger partial charge in [0.15, 0.2) is 0 Å². The van der Waals surface area contributed by atoms with Gasteiger partial charge in [0.1, 0.15) is 5.82 Å². The highest BCUT2D eigenvalue weighted by atomic mass is 19.1. The SMILES string of the molecule is CC1(O)CCN(Cc2ccc(C(N)=O)cc2F)C1. The van der Waals surface area contributed by atoms with Crippen molar-refractivity contribution in [1.29, 1.82) is 0 Å². The highest BCUT2D eigenvalue weighted by Crippen LogP contribution is 2.23. The minimum absolute atomic E-state index is 0.171. The monoisotopic (exact) mass is 252 g/mol. The maximum atomic E-state index is 13.8. The fourth-order valence-electron chi connectivity index (χ4n) is 2.24. The number of benzene rings is 1. The lowest BCUT2D eigenvalue weighted by Gasteiger charge is -2.19. The van der Waals surface area contributed by atoms with E-state index in [2.05, 4.69) is 0 Å². The van der Waals surface area contributed by atoms with Gasteiger partial charge in [-0.1, -0.05) is 6.07 Å². The molecule has 18 heavy (non-hydrogen) atoms. The normalized spacial score (nSPS) is 24.4. The minimum atomic E-state index is -0.691. The van der Waals surface area contributed by atoms with Crippen LogP contribution in [0.5, 0.6) is 0 Å². The summed E-state index contributed by atoms with van der Waals surface area (Å²) in [5.41, 5.74) is 5.07. The number of nitrogens with zero attached hydrogens (tertiary/aromatic N) is 1. The summed E-state index contributed by atoms with van der Waals surface area (Å²) in [6, 6.07) is 4.25. The van der Waals surface area contributed by atoms with Crippen LogP contribution in [-0.2, 0) is 6.54 Å². The summed E-state index contributed by atoms with van der Waals surface area (Å²) < 4.78 is 13.8. The molecule has 0 aliphatic carbocycles. The fraction of sp³-hybridized carbons (Fsp3) is 0.462. The highest BCUT2D eigenvalue weighted by Gasteiger charge is 2.31. The van der Waals surface area contributed by atoms with Crippen molar-refractivity contribution >= 4 is 5.91 Å². The Morgan fingerprint density at radius 2 is 2.33 bits per heavy atom. The zero-order chi connectivity index (χ0) is 13.3. The Balaban J connectivity index is 2.09. The van der Waals surface area contributed by atoms with Gasteiger partial charge >= 0.3 is 0 Å². The van der Waals surface area contributed by atoms with Crippen molar-refractivity contribution in [2.24, 2.45) is 5.73 Å². The van der Waals surface area contributed by atoms with Crippen molar-refractivity contribution in [3.05, 3.63) is 35.1 Å². The zero-order valence-electron chi connectivity index (χ0n) is 10.3. The molecule has 98 valence electrons. The number of β-amino-alcohol motifs (C(OH)–C–C–N with tert-alkyl or cyclic N) is 1. The number of primary amides is 1. The number of likely N-dealkylation sites (tertiary alicyclic amines) is 1. The van der Waals surface area contributed by atoms with E-state index >= 15 is 0 Å². The number of halogens is 1. The molecule has 5 heteroatoms. The first-order valence-corrected chi connectivity index (χ1v) is 5.90. The molecule has 1 saturated heterocycles. The molecule has 1 fully saturated rings. The molecular formula is C13H17FN2O2. The molecule has 0 saturated carbocycles. The van der Waals surface area contributed by atoms with E-state index in [-0.39, 0.29) is 5.56 Å². The Bertz CT molecular complexity index is 474. The van der Waals surface area contributed by atoms with Gasteiger partial charge in [0.25, 0.3) is 0 Å². The molecule has 1 aromatic rings. The first-order chi connectivity index (χ1) is 8.37. The summed E-state index contributed by atoms with van der Waals surface area (Å²) in [4.78, 5) is 12.9. The van der Waals surface area contributed by atoms with Gasteiger partial charge in [-0.2, -0.15) is 0 Å². The molecule has 1 atom stereocenters. The fourth-order valence-corrected chi connectivity index (χ4v) is 2.24. The largest absolute Gasteiger partial charge is 0.389 e. The first kappa shape index (κ1) is 13.0. The van der Waals surface area contributed by atoms with Gasteiger partial charge in [-0.05, 0) is 25.5 Å². The lowest BCUT2D eigenvalue weighted by Crippen LogP contribution is -2.29. The molecule has 0 radical (unpaired) electrons. The summed E-state index contributed by atoms with van der Waals surface area (Å²) in [6.07, 6.45) is 0.688. The van der Waals surface area contributed by atoms with Crippen LogP contribution in [0.4, 0.5) is 4.39 Å². The molecule has 1 amide bonds. The number of carbonyl (C=O) groups excluding carboxylic acids is 1. The van der Waals surface area contributed by atoms with E-state index in [0.29, 0.717) is 25.1 Å². The molecule has 1 aliphatic heterocycles. The Hall–Kier alpha value is -1.46. The van der Waals surface area contributed by atoms with Crippen molar-refractivity contribution in [1.82, 2.24) is 4.90 Å². The molecular weight excluding hydrogens is 235 g/mol. The van der Waals surface area contributed by atoms with E-state index in [1.54, 1.807) is 13.0 Å². The van der Waals surface area contributed by atoms with E-state index in [1.807, 2.05) is 4.90 Å². The maximum absolute atomic E-state index is 13.8. The third-order valence-corrected chi connectivity index (χ3v) is 3.26. The number of carbonyl (C=O) groups is 1. The smallest absolute Gasteiger partial charge is 0.248 e. The number of aliphatic hydroxyl groups is 1. The van der Waals surface area contributed by atoms with Crippen LogP contribution in [-0.4, -0.2) is 34.6 Å². The second kappa shape index (κ2) is 4.66. The maximum Gasteiger partial charge on any atom is 0.248 e. The van der Waals surface area contributed by atoms with Gasteiger partial charge in [-0.3, -0.25) is 9.69 Å². The van der Waals surface area contributed by atoms with Gasteiger partial charge in [0.2, 0.25) is 5.91 Å². The molecule has 3 N–H and O–H groups in total. The second-order valence-electron chi connectivity index (χ2n) is 5.13. The van der Waals surface area contributed by atoms with E-state index in [1.165, 1.54) is 6.07 Å². The van der Waals surface area contributed by atoms with Crippen LogP contribution in [0.3, 0.4) is 0 Å². The third-order valence-electron chi connectivity index (χ3n) is 3.26. The lowest BCUT2D eigenvalue weighted by atomic mass is 10.1. The van der Waals surface area contributed by atoms with Crippen LogP contribution in [0.25, 0.3) is 0 Å². The second-order valence-corrected chi connectivity index (χ2v) is 5.13. The van der Waals surface area contributed by atoms with E-state index in [9.17, 15) is 14.3 Å². The third kappa shape index (κ3) is 2.86. The number of hydrogen-bond acceptors (Lipinski definition) is 3. The topological polar surface area (TPSA) is 66.6 Å². The molecule has 1 unspecified atom stereocenters. The van der Waals surface area contributed by atoms with E-state index < -0.39 is 17.3 Å². The van der Waals surface area contributed by atoms with Gasteiger partial charge in [0, 0.05) is 30.8 Å². The molecule has 1 heterocycles.